The molecule has 0 unspecified atom stereocenters. The van der Waals surface area contributed by atoms with Gasteiger partial charge in [-0.25, -0.2) is 17.6 Å². The van der Waals surface area contributed by atoms with Crippen molar-refractivity contribution in [3.05, 3.63) is 48.0 Å². The molecule has 0 radical (unpaired) electrons. The van der Waals surface area contributed by atoms with Crippen LogP contribution >= 0.6 is 0 Å². The van der Waals surface area contributed by atoms with Crippen LogP contribution in [0.25, 0.3) is 0 Å². The molecule has 0 aliphatic carbocycles. The number of rotatable bonds is 4. The number of hydrogen-bond acceptors (Lipinski definition) is 3. The van der Waals surface area contributed by atoms with Crippen molar-refractivity contribution < 1.29 is 17.5 Å². The molecule has 0 aliphatic heterocycles. The molecular weight excluding hydrogens is 300 g/mol. The Labute approximate surface area is 133 Å². The van der Waals surface area contributed by atoms with Crippen LogP contribution in [-0.4, -0.2) is 17.5 Å². The molecule has 5 nitrogen and oxygen atoms in total. The van der Waals surface area contributed by atoms with Crippen LogP contribution in [0.3, 0.4) is 0 Å². The summed E-state index contributed by atoms with van der Waals surface area (Å²) >= 11 is 0. The summed E-state index contributed by atoms with van der Waals surface area (Å²) in [5.74, 6) is 1.33. The molecule has 0 saturated heterocycles. The van der Waals surface area contributed by atoms with Gasteiger partial charge in [0.25, 0.3) is 5.82 Å². The van der Waals surface area contributed by atoms with E-state index in [0.29, 0.717) is 5.56 Å². The largest absolute Gasteiger partial charge is 0.744 e. The average molecular weight is 324 g/mol. The highest BCUT2D eigenvalue weighted by molar-refractivity contribution is 7.85. The molecule has 2 aromatic rings. The summed E-state index contributed by atoms with van der Waals surface area (Å²) in [6.45, 7) is 7.11. The summed E-state index contributed by atoms with van der Waals surface area (Å²) in [6.07, 6.45) is 6.78. The molecule has 0 aliphatic rings. The topological polar surface area (TPSA) is 66.0 Å². The van der Waals surface area contributed by atoms with Crippen LogP contribution in [0.15, 0.2) is 41.6 Å². The first-order valence-corrected chi connectivity index (χ1v) is 8.71. The van der Waals surface area contributed by atoms with E-state index in [1.54, 1.807) is 19.1 Å². The number of nitrogens with zero attached hydrogens (tertiary/aromatic N) is 2. The maximum atomic E-state index is 10.5. The van der Waals surface area contributed by atoms with E-state index in [-0.39, 0.29) is 4.90 Å². The van der Waals surface area contributed by atoms with Crippen LogP contribution in [0.1, 0.15) is 31.2 Å². The molecule has 2 rings (SSSR count). The lowest BCUT2D eigenvalue weighted by atomic mass is 10.2. The zero-order valence-electron chi connectivity index (χ0n) is 13.6. The molecule has 1 heterocycles. The molecule has 0 bridgehead atoms. The number of hydrogen-bond donors (Lipinski definition) is 0. The number of aromatic nitrogens is 2. The van der Waals surface area contributed by atoms with Crippen LogP contribution < -0.4 is 4.57 Å². The predicted octanol–water partition coefficient (Wildman–Crippen LogP) is 2.32. The fourth-order valence-corrected chi connectivity index (χ4v) is 2.71. The number of unbranched alkanes of at least 4 members (excludes halogenated alkanes) is 1. The molecule has 0 atom stereocenters. The van der Waals surface area contributed by atoms with E-state index in [1.807, 2.05) is 0 Å². The third-order valence-electron chi connectivity index (χ3n) is 3.51. The minimum absolute atomic E-state index is 0.139. The van der Waals surface area contributed by atoms with Gasteiger partial charge in [-0.05, 0) is 25.0 Å². The predicted molar refractivity (Wildman–Crippen MR) is 84.4 cm³/mol. The molecule has 0 N–H and O–H groups in total. The Morgan fingerprint density at radius 1 is 1.23 bits per heavy atom. The summed E-state index contributed by atoms with van der Waals surface area (Å²) in [5.41, 5.74) is 0.488. The van der Waals surface area contributed by atoms with E-state index in [9.17, 15) is 13.0 Å². The van der Waals surface area contributed by atoms with Crippen LogP contribution in [0, 0.1) is 13.8 Å². The summed E-state index contributed by atoms with van der Waals surface area (Å²) in [7, 11) is -2.20. The number of aryl methyl sites for hydroxylation is 3. The highest BCUT2D eigenvalue weighted by Gasteiger charge is 2.06. The van der Waals surface area contributed by atoms with Gasteiger partial charge in [0.2, 0.25) is 0 Å². The fourth-order valence-electron chi connectivity index (χ4n) is 2.00. The second-order valence-corrected chi connectivity index (χ2v) is 6.57. The molecule has 0 fully saturated rings. The zero-order chi connectivity index (χ0) is 16.8. The van der Waals surface area contributed by atoms with Crippen molar-refractivity contribution >= 4 is 10.1 Å². The number of benzene rings is 1. The van der Waals surface area contributed by atoms with E-state index < -0.39 is 10.1 Å². The Hall–Kier alpha value is -1.66. The Balaban J connectivity index is 0.000000220. The first-order chi connectivity index (χ1) is 10.3. The van der Waals surface area contributed by atoms with Gasteiger partial charge in [-0.3, -0.25) is 0 Å². The molecule has 22 heavy (non-hydrogen) atoms. The van der Waals surface area contributed by atoms with Gasteiger partial charge in [0.15, 0.2) is 0 Å². The van der Waals surface area contributed by atoms with Gasteiger partial charge < -0.3 is 4.55 Å². The molecular formula is C16H24N2O3S. The van der Waals surface area contributed by atoms with E-state index in [0.717, 1.165) is 6.54 Å². The minimum Gasteiger partial charge on any atom is -0.744 e. The fraction of sp³-hybridized carbons (Fsp3) is 0.438. The highest BCUT2D eigenvalue weighted by Crippen LogP contribution is 2.12. The Morgan fingerprint density at radius 3 is 2.27 bits per heavy atom. The van der Waals surface area contributed by atoms with Gasteiger partial charge in [-0.15, -0.1) is 0 Å². The molecule has 6 heteroatoms. The lowest BCUT2D eigenvalue weighted by Crippen LogP contribution is -2.35. The van der Waals surface area contributed by atoms with Crippen molar-refractivity contribution in [1.29, 1.82) is 0 Å². The van der Waals surface area contributed by atoms with Gasteiger partial charge in [0.05, 0.1) is 18.5 Å². The summed E-state index contributed by atoms with van der Waals surface area (Å²) < 4.78 is 35.9. The van der Waals surface area contributed by atoms with Crippen LogP contribution in [0.4, 0.5) is 0 Å². The molecule has 122 valence electrons. The van der Waals surface area contributed by atoms with Crippen molar-refractivity contribution in [3.63, 3.8) is 0 Å². The van der Waals surface area contributed by atoms with Gasteiger partial charge >= 0.3 is 0 Å². The van der Waals surface area contributed by atoms with Gasteiger partial charge in [0.1, 0.15) is 22.5 Å². The molecule has 1 aromatic carbocycles. The zero-order valence-corrected chi connectivity index (χ0v) is 14.4. The van der Waals surface area contributed by atoms with E-state index in [2.05, 4.69) is 42.4 Å². The first kappa shape index (κ1) is 18.4. The van der Waals surface area contributed by atoms with Gasteiger partial charge in [-0.2, -0.15) is 0 Å². The number of imidazole rings is 1. The maximum absolute atomic E-state index is 10.5. The normalized spacial score (nSPS) is 11.0. The first-order valence-electron chi connectivity index (χ1n) is 7.30. The van der Waals surface area contributed by atoms with Crippen molar-refractivity contribution in [2.75, 3.05) is 0 Å². The van der Waals surface area contributed by atoms with E-state index in [4.69, 9.17) is 0 Å². The van der Waals surface area contributed by atoms with Crippen molar-refractivity contribution in [1.82, 2.24) is 4.57 Å². The van der Waals surface area contributed by atoms with Crippen molar-refractivity contribution in [2.24, 2.45) is 7.05 Å². The standard InChI is InChI=1S/C9H17N2.C7H8O3S/c1-4-5-6-11-8-7-10(3)9(11)2;1-6-4-2-3-5-7(6)11(8,9)10/h7-8H,4-6H2,1-3H3;2-5H,1H3,(H,8,9,10)/q+1;/p-1. The smallest absolute Gasteiger partial charge is 0.253 e. The second kappa shape index (κ2) is 8.10. The third kappa shape index (κ3) is 5.27. The van der Waals surface area contributed by atoms with Crippen LogP contribution in [-0.2, 0) is 23.7 Å². The second-order valence-electron chi connectivity index (χ2n) is 5.22. The van der Waals surface area contributed by atoms with Crippen molar-refractivity contribution in [3.8, 4) is 0 Å². The molecule has 1 aromatic heterocycles. The van der Waals surface area contributed by atoms with Crippen LogP contribution in [0.5, 0.6) is 0 Å². The van der Waals surface area contributed by atoms with E-state index in [1.165, 1.54) is 30.8 Å². The SMILES string of the molecule is CCCC[n+]1ccn(C)c1C.Cc1ccccc1S(=O)(=O)[O-]. The lowest BCUT2D eigenvalue weighted by molar-refractivity contribution is -0.702. The lowest BCUT2D eigenvalue weighted by Gasteiger charge is -2.08. The molecule has 0 amide bonds. The van der Waals surface area contributed by atoms with Crippen molar-refractivity contribution in [2.45, 2.75) is 45.1 Å². The maximum Gasteiger partial charge on any atom is 0.253 e. The quantitative estimate of drug-likeness (QED) is 0.640. The Bertz CT molecular complexity index is 706. The Kier molecular flexibility index (Phi) is 6.77. The van der Waals surface area contributed by atoms with Gasteiger partial charge in [0, 0.05) is 6.92 Å². The summed E-state index contributed by atoms with van der Waals surface area (Å²) in [5, 5.41) is 0. The van der Waals surface area contributed by atoms with Crippen LogP contribution in [0.2, 0.25) is 0 Å². The molecule has 0 saturated carbocycles. The summed E-state index contributed by atoms with van der Waals surface area (Å²) in [6, 6.07) is 6.10. The van der Waals surface area contributed by atoms with Gasteiger partial charge in [-0.1, -0.05) is 31.5 Å². The third-order valence-corrected chi connectivity index (χ3v) is 4.51. The summed E-state index contributed by atoms with van der Waals surface area (Å²) in [4.78, 5) is -0.139. The Morgan fingerprint density at radius 2 is 1.86 bits per heavy atom. The minimum atomic E-state index is -4.28. The highest BCUT2D eigenvalue weighted by atomic mass is 32.2. The van der Waals surface area contributed by atoms with E-state index >= 15 is 0 Å². The average Bonchev–Trinajstić information content (AvgIpc) is 2.76. The monoisotopic (exact) mass is 324 g/mol. The molecule has 0 spiro atoms.